The predicted molar refractivity (Wildman–Crippen MR) is 62.5 cm³/mol. The fraction of sp³-hybridized carbons (Fsp3) is 0.917. The Hall–Kier alpha value is -0.570. The summed E-state index contributed by atoms with van der Waals surface area (Å²) in [6.07, 6.45) is 8.06. The molecular weight excluding hydrogens is 188 g/mol. The molecule has 3 heteroatoms. The second kappa shape index (κ2) is 6.83. The second-order valence-corrected chi connectivity index (χ2v) is 4.66. The van der Waals surface area contributed by atoms with Crippen LogP contribution in [0.2, 0.25) is 0 Å². The number of hydrogen-bond acceptors (Lipinski definition) is 2. The molecule has 88 valence electrons. The van der Waals surface area contributed by atoms with Gasteiger partial charge >= 0.3 is 0 Å². The summed E-state index contributed by atoms with van der Waals surface area (Å²) in [4.78, 5) is 10.5. The highest BCUT2D eigenvalue weighted by atomic mass is 16.1. The summed E-state index contributed by atoms with van der Waals surface area (Å²) < 4.78 is 0. The average molecular weight is 212 g/mol. The fourth-order valence-electron chi connectivity index (χ4n) is 2.42. The Morgan fingerprint density at radius 2 is 2.27 bits per heavy atom. The molecule has 2 atom stereocenters. The topological polar surface area (TPSA) is 55.1 Å². The highest BCUT2D eigenvalue weighted by Gasteiger charge is 2.19. The summed E-state index contributed by atoms with van der Waals surface area (Å²) in [7, 11) is 0. The summed E-state index contributed by atoms with van der Waals surface area (Å²) in [6.45, 7) is 3.21. The Kier molecular flexibility index (Phi) is 5.69. The van der Waals surface area contributed by atoms with E-state index in [0.717, 1.165) is 18.9 Å². The largest absolute Gasteiger partial charge is 0.370 e. The van der Waals surface area contributed by atoms with Gasteiger partial charge in [0.15, 0.2) is 0 Å². The Labute approximate surface area is 92.8 Å². The third kappa shape index (κ3) is 5.17. The fourth-order valence-corrected chi connectivity index (χ4v) is 2.42. The van der Waals surface area contributed by atoms with Crippen molar-refractivity contribution in [3.63, 3.8) is 0 Å². The molecule has 0 aromatic rings. The first kappa shape index (κ1) is 12.5. The minimum atomic E-state index is -0.188. The lowest BCUT2D eigenvalue weighted by molar-refractivity contribution is -0.118. The summed E-state index contributed by atoms with van der Waals surface area (Å²) in [5.41, 5.74) is 5.09. The lowest BCUT2D eigenvalue weighted by Gasteiger charge is -2.29. The molecule has 0 heterocycles. The Bertz CT molecular complexity index is 194. The van der Waals surface area contributed by atoms with Gasteiger partial charge in [0, 0.05) is 12.5 Å². The van der Waals surface area contributed by atoms with Crippen LogP contribution >= 0.6 is 0 Å². The molecule has 15 heavy (non-hydrogen) atoms. The van der Waals surface area contributed by atoms with Crippen LogP contribution in [0.5, 0.6) is 0 Å². The van der Waals surface area contributed by atoms with Crippen molar-refractivity contribution in [1.82, 2.24) is 5.32 Å². The summed E-state index contributed by atoms with van der Waals surface area (Å²) in [5, 5.41) is 3.53. The van der Waals surface area contributed by atoms with E-state index in [2.05, 4.69) is 12.2 Å². The number of carbonyl (C=O) groups excluding carboxylic acids is 1. The van der Waals surface area contributed by atoms with Gasteiger partial charge in [0.2, 0.25) is 5.91 Å². The third-order valence-corrected chi connectivity index (χ3v) is 3.39. The zero-order valence-electron chi connectivity index (χ0n) is 9.80. The third-order valence-electron chi connectivity index (χ3n) is 3.39. The molecule has 1 fully saturated rings. The molecular formula is C12H24N2O. The minimum absolute atomic E-state index is 0.188. The van der Waals surface area contributed by atoms with Crippen LogP contribution < -0.4 is 11.1 Å². The molecule has 0 aromatic heterocycles. The normalized spacial score (nSPS) is 26.5. The maximum atomic E-state index is 10.5. The van der Waals surface area contributed by atoms with E-state index >= 15 is 0 Å². The molecule has 1 rings (SSSR count). The highest BCUT2D eigenvalue weighted by molar-refractivity contribution is 5.73. The van der Waals surface area contributed by atoms with Crippen LogP contribution in [0.25, 0.3) is 0 Å². The second-order valence-electron chi connectivity index (χ2n) is 4.66. The highest BCUT2D eigenvalue weighted by Crippen LogP contribution is 2.26. The quantitative estimate of drug-likeness (QED) is 0.660. The molecule has 0 radical (unpaired) electrons. The zero-order chi connectivity index (χ0) is 11.1. The van der Waals surface area contributed by atoms with Crippen molar-refractivity contribution in [3.8, 4) is 0 Å². The smallest absolute Gasteiger partial charge is 0.217 e. The van der Waals surface area contributed by atoms with Gasteiger partial charge in [-0.1, -0.05) is 26.2 Å². The van der Waals surface area contributed by atoms with Crippen molar-refractivity contribution < 1.29 is 4.79 Å². The van der Waals surface area contributed by atoms with E-state index in [1.54, 1.807) is 0 Å². The molecule has 2 unspecified atom stereocenters. The average Bonchev–Trinajstić information content (AvgIpc) is 2.24. The van der Waals surface area contributed by atoms with E-state index < -0.39 is 0 Å². The van der Waals surface area contributed by atoms with Gasteiger partial charge in [-0.25, -0.2) is 0 Å². The minimum Gasteiger partial charge on any atom is -0.370 e. The van der Waals surface area contributed by atoms with E-state index in [4.69, 9.17) is 5.73 Å². The summed E-state index contributed by atoms with van der Waals surface area (Å²) in [6, 6.07) is 0.677. The number of amides is 1. The van der Waals surface area contributed by atoms with Crippen LogP contribution in [0, 0.1) is 5.92 Å². The molecule has 1 aliphatic rings. The monoisotopic (exact) mass is 212 g/mol. The van der Waals surface area contributed by atoms with Gasteiger partial charge in [0.05, 0.1) is 0 Å². The van der Waals surface area contributed by atoms with E-state index in [-0.39, 0.29) is 5.91 Å². The molecule has 0 aromatic carbocycles. The van der Waals surface area contributed by atoms with Gasteiger partial charge in [-0.05, 0) is 31.7 Å². The van der Waals surface area contributed by atoms with Crippen molar-refractivity contribution in [2.45, 2.75) is 57.9 Å². The molecule has 0 spiro atoms. The molecule has 3 N–H and O–H groups in total. The summed E-state index contributed by atoms with van der Waals surface area (Å²) in [5.74, 6) is 0.722. The first-order valence-electron chi connectivity index (χ1n) is 6.24. The van der Waals surface area contributed by atoms with Crippen molar-refractivity contribution in [1.29, 1.82) is 0 Å². The van der Waals surface area contributed by atoms with Crippen molar-refractivity contribution in [3.05, 3.63) is 0 Å². The van der Waals surface area contributed by atoms with Crippen LogP contribution in [0.3, 0.4) is 0 Å². The van der Waals surface area contributed by atoms with Crippen molar-refractivity contribution in [2.24, 2.45) is 11.7 Å². The van der Waals surface area contributed by atoms with Crippen LogP contribution in [0.4, 0.5) is 0 Å². The standard InChI is InChI=1S/C12H24N2O/c1-2-10-5-3-6-11(9-10)14-8-4-7-12(13)15/h10-11,14H,2-9H2,1H3,(H2,13,15). The molecule has 0 aliphatic heterocycles. The van der Waals surface area contributed by atoms with Crippen LogP contribution in [0.1, 0.15) is 51.9 Å². The summed E-state index contributed by atoms with van der Waals surface area (Å²) >= 11 is 0. The number of hydrogen-bond donors (Lipinski definition) is 2. The number of carbonyl (C=O) groups is 1. The SMILES string of the molecule is CCC1CCCC(NCCCC(N)=O)C1. The Morgan fingerprint density at radius 3 is 2.93 bits per heavy atom. The van der Waals surface area contributed by atoms with Crippen molar-refractivity contribution in [2.75, 3.05) is 6.54 Å². The van der Waals surface area contributed by atoms with Gasteiger partial charge < -0.3 is 11.1 Å². The van der Waals surface area contributed by atoms with Gasteiger partial charge in [-0.15, -0.1) is 0 Å². The zero-order valence-corrected chi connectivity index (χ0v) is 9.80. The number of nitrogens with two attached hydrogens (primary N) is 1. The van der Waals surface area contributed by atoms with Crippen LogP contribution in [-0.2, 0) is 4.79 Å². The molecule has 0 saturated heterocycles. The molecule has 1 saturated carbocycles. The molecule has 1 amide bonds. The lowest BCUT2D eigenvalue weighted by atomic mass is 9.84. The molecule has 0 bridgehead atoms. The van der Waals surface area contributed by atoms with Gasteiger partial charge in [-0.3, -0.25) is 4.79 Å². The number of nitrogens with one attached hydrogen (secondary N) is 1. The lowest BCUT2D eigenvalue weighted by Crippen LogP contribution is -2.35. The number of rotatable bonds is 6. The first-order chi connectivity index (χ1) is 7.22. The van der Waals surface area contributed by atoms with Crippen molar-refractivity contribution >= 4 is 5.91 Å². The number of primary amides is 1. The Morgan fingerprint density at radius 1 is 1.47 bits per heavy atom. The van der Waals surface area contributed by atoms with Gasteiger partial charge in [-0.2, -0.15) is 0 Å². The predicted octanol–water partition coefficient (Wildman–Crippen LogP) is 1.81. The Balaban J connectivity index is 2.07. The van der Waals surface area contributed by atoms with E-state index in [1.807, 2.05) is 0 Å². The first-order valence-corrected chi connectivity index (χ1v) is 6.24. The molecule has 1 aliphatic carbocycles. The van der Waals surface area contributed by atoms with Crippen LogP contribution in [0.15, 0.2) is 0 Å². The maximum Gasteiger partial charge on any atom is 0.217 e. The van der Waals surface area contributed by atoms with E-state index in [9.17, 15) is 4.79 Å². The molecule has 3 nitrogen and oxygen atoms in total. The van der Waals surface area contributed by atoms with Gasteiger partial charge in [0.25, 0.3) is 0 Å². The van der Waals surface area contributed by atoms with Crippen LogP contribution in [-0.4, -0.2) is 18.5 Å². The maximum absolute atomic E-state index is 10.5. The van der Waals surface area contributed by atoms with E-state index in [0.29, 0.717) is 12.5 Å². The van der Waals surface area contributed by atoms with E-state index in [1.165, 1.54) is 32.1 Å². The van der Waals surface area contributed by atoms with Gasteiger partial charge in [0.1, 0.15) is 0 Å².